The van der Waals surface area contributed by atoms with Gasteiger partial charge in [0.15, 0.2) is 0 Å². The average molecular weight is 416 g/mol. The van der Waals surface area contributed by atoms with Gasteiger partial charge in [0.2, 0.25) is 5.79 Å². The van der Waals surface area contributed by atoms with E-state index in [9.17, 15) is 8.42 Å². The van der Waals surface area contributed by atoms with Crippen LogP contribution in [0.1, 0.15) is 11.3 Å². The van der Waals surface area contributed by atoms with E-state index < -0.39 is 22.0 Å². The van der Waals surface area contributed by atoms with Crippen molar-refractivity contribution in [3.05, 3.63) is 72.3 Å². The van der Waals surface area contributed by atoms with Gasteiger partial charge in [-0.25, -0.2) is 0 Å². The van der Waals surface area contributed by atoms with Crippen LogP contribution in [0.25, 0.3) is 0 Å². The number of benzene rings is 1. The van der Waals surface area contributed by atoms with Crippen molar-refractivity contribution < 1.29 is 22.1 Å². The van der Waals surface area contributed by atoms with Crippen LogP contribution in [0.5, 0.6) is 0 Å². The second kappa shape index (κ2) is 7.99. The molecule has 0 radical (unpaired) electrons. The maximum absolute atomic E-state index is 12.4. The van der Waals surface area contributed by atoms with Gasteiger partial charge in [0.25, 0.3) is 10.1 Å². The summed E-state index contributed by atoms with van der Waals surface area (Å²) >= 11 is 0. The third-order valence-electron chi connectivity index (χ3n) is 4.45. The molecule has 3 heterocycles. The molecule has 0 N–H and O–H groups in total. The van der Waals surface area contributed by atoms with Crippen molar-refractivity contribution in [2.75, 3.05) is 13.2 Å². The molecule has 1 saturated heterocycles. The quantitative estimate of drug-likeness (QED) is 0.536. The zero-order valence-corrected chi connectivity index (χ0v) is 16.5. The van der Waals surface area contributed by atoms with Gasteiger partial charge in [-0.15, -0.1) is 0 Å². The Bertz CT molecular complexity index is 1040. The summed E-state index contributed by atoms with van der Waals surface area (Å²) in [4.78, 5) is 5.86. The fourth-order valence-electron chi connectivity index (χ4n) is 2.98. The molecule has 29 heavy (non-hydrogen) atoms. The zero-order chi connectivity index (χ0) is 20.3. The van der Waals surface area contributed by atoms with Crippen LogP contribution in [-0.4, -0.2) is 47.7 Å². The number of aromatic nitrogens is 4. The first-order valence-electron chi connectivity index (χ1n) is 9.00. The Morgan fingerprint density at radius 1 is 1.14 bits per heavy atom. The minimum absolute atomic E-state index is 0.0961. The average Bonchev–Trinajstić information content (AvgIpc) is 3.39. The lowest BCUT2D eigenvalue weighted by molar-refractivity contribution is -0.195. The Morgan fingerprint density at radius 2 is 1.90 bits per heavy atom. The lowest BCUT2D eigenvalue weighted by Crippen LogP contribution is -2.36. The minimum Gasteiger partial charge on any atom is -0.340 e. The van der Waals surface area contributed by atoms with Crippen molar-refractivity contribution in [2.24, 2.45) is 0 Å². The molecule has 152 valence electrons. The van der Waals surface area contributed by atoms with E-state index >= 15 is 0 Å². The highest BCUT2D eigenvalue weighted by molar-refractivity contribution is 7.86. The zero-order valence-electron chi connectivity index (χ0n) is 15.7. The molecule has 4 rings (SSSR count). The van der Waals surface area contributed by atoms with Gasteiger partial charge in [0, 0.05) is 6.20 Å². The first kappa shape index (κ1) is 19.6. The number of pyridine rings is 1. The van der Waals surface area contributed by atoms with Crippen LogP contribution in [0, 0.1) is 6.92 Å². The molecule has 0 aliphatic carbocycles. The molecule has 0 saturated carbocycles. The highest BCUT2D eigenvalue weighted by atomic mass is 32.2. The molecule has 1 aliphatic rings. The van der Waals surface area contributed by atoms with E-state index in [0.29, 0.717) is 5.69 Å². The van der Waals surface area contributed by atoms with Gasteiger partial charge in [0.05, 0.1) is 30.5 Å². The Labute approximate surface area is 168 Å². The van der Waals surface area contributed by atoms with Crippen LogP contribution in [0.2, 0.25) is 0 Å². The van der Waals surface area contributed by atoms with E-state index in [1.807, 2.05) is 13.0 Å². The standard InChI is InChI=1S/C19H20N4O5S/c1-15-5-7-17(8-6-15)29(24,25)27-13-16-12-26-19(28-16,14-23-21-10-11-22-23)18-4-2-3-9-20-18/h2-11,16H,12-14H2,1H3/t16-,19+/m1/s1. The predicted octanol–water partition coefficient (Wildman–Crippen LogP) is 1.66. The molecule has 3 aromatic rings. The third-order valence-corrected chi connectivity index (χ3v) is 5.75. The van der Waals surface area contributed by atoms with Crippen molar-refractivity contribution in [1.29, 1.82) is 0 Å². The van der Waals surface area contributed by atoms with Crippen LogP contribution in [-0.2, 0) is 36.1 Å². The van der Waals surface area contributed by atoms with Crippen LogP contribution < -0.4 is 0 Å². The maximum Gasteiger partial charge on any atom is 0.297 e. The minimum atomic E-state index is -3.90. The lowest BCUT2D eigenvalue weighted by atomic mass is 10.1. The molecule has 0 spiro atoms. The smallest absolute Gasteiger partial charge is 0.297 e. The summed E-state index contributed by atoms with van der Waals surface area (Å²) in [5.74, 6) is -1.23. The van der Waals surface area contributed by atoms with Gasteiger partial charge in [-0.1, -0.05) is 23.8 Å². The SMILES string of the molecule is Cc1ccc(S(=O)(=O)OC[C@H]2CO[C@](Cn3nccn3)(c3ccccn3)O2)cc1. The lowest BCUT2D eigenvalue weighted by Gasteiger charge is -2.26. The van der Waals surface area contributed by atoms with Gasteiger partial charge in [0.1, 0.15) is 18.3 Å². The summed E-state index contributed by atoms with van der Waals surface area (Å²) in [6.07, 6.45) is 4.13. The van der Waals surface area contributed by atoms with E-state index in [1.165, 1.54) is 16.9 Å². The fraction of sp³-hybridized carbons (Fsp3) is 0.316. The molecule has 0 unspecified atom stereocenters. The Kier molecular flexibility index (Phi) is 5.41. The summed E-state index contributed by atoms with van der Waals surface area (Å²) in [6.45, 7) is 2.00. The molecule has 2 atom stereocenters. The van der Waals surface area contributed by atoms with Crippen LogP contribution in [0.4, 0.5) is 0 Å². The van der Waals surface area contributed by atoms with Crippen molar-refractivity contribution in [3.63, 3.8) is 0 Å². The Balaban J connectivity index is 1.48. The molecule has 2 aromatic heterocycles. The monoisotopic (exact) mass is 416 g/mol. The maximum atomic E-state index is 12.4. The summed E-state index contributed by atoms with van der Waals surface area (Å²) in [5.41, 5.74) is 1.50. The molecular weight excluding hydrogens is 396 g/mol. The molecule has 1 aromatic carbocycles. The first-order chi connectivity index (χ1) is 14.0. The van der Waals surface area contributed by atoms with Gasteiger partial charge >= 0.3 is 0 Å². The van der Waals surface area contributed by atoms with Crippen molar-refractivity contribution >= 4 is 10.1 Å². The number of aryl methyl sites for hydroxylation is 1. The Hall–Kier alpha value is -2.66. The number of hydrogen-bond acceptors (Lipinski definition) is 8. The second-order valence-corrected chi connectivity index (χ2v) is 8.25. The van der Waals surface area contributed by atoms with Gasteiger partial charge in [-0.05, 0) is 31.2 Å². The summed E-state index contributed by atoms with van der Waals surface area (Å²) in [6, 6.07) is 11.8. The van der Waals surface area contributed by atoms with E-state index in [1.54, 1.807) is 42.9 Å². The number of hydrogen-bond donors (Lipinski definition) is 0. The molecule has 1 aliphatic heterocycles. The summed E-state index contributed by atoms with van der Waals surface area (Å²) < 4.78 is 42.1. The molecular formula is C19H20N4O5S. The highest BCUT2D eigenvalue weighted by Crippen LogP contribution is 2.35. The van der Waals surface area contributed by atoms with Gasteiger partial charge in [-0.2, -0.15) is 23.4 Å². The number of rotatable bonds is 7. The fourth-order valence-corrected chi connectivity index (χ4v) is 3.92. The molecule has 10 heteroatoms. The Morgan fingerprint density at radius 3 is 2.59 bits per heavy atom. The van der Waals surface area contributed by atoms with Gasteiger partial charge in [-0.3, -0.25) is 9.17 Å². The largest absolute Gasteiger partial charge is 0.340 e. The van der Waals surface area contributed by atoms with Crippen LogP contribution >= 0.6 is 0 Å². The van der Waals surface area contributed by atoms with Crippen molar-refractivity contribution in [3.8, 4) is 0 Å². The third kappa shape index (κ3) is 4.35. The van der Waals surface area contributed by atoms with E-state index in [4.69, 9.17) is 13.7 Å². The normalized spacial score (nSPS) is 22.0. The molecule has 9 nitrogen and oxygen atoms in total. The molecule has 0 amide bonds. The van der Waals surface area contributed by atoms with Crippen molar-refractivity contribution in [1.82, 2.24) is 20.0 Å². The van der Waals surface area contributed by atoms with E-state index in [2.05, 4.69) is 15.2 Å². The van der Waals surface area contributed by atoms with Gasteiger partial charge < -0.3 is 9.47 Å². The summed E-state index contributed by atoms with van der Waals surface area (Å²) in [5, 5.41) is 8.20. The second-order valence-electron chi connectivity index (χ2n) is 6.63. The number of nitrogens with zero attached hydrogens (tertiary/aromatic N) is 4. The topological polar surface area (TPSA) is 105 Å². The molecule has 1 fully saturated rings. The van der Waals surface area contributed by atoms with E-state index in [-0.39, 0.29) is 24.7 Å². The molecule has 0 bridgehead atoms. The van der Waals surface area contributed by atoms with Crippen molar-refractivity contribution in [2.45, 2.75) is 30.3 Å². The summed E-state index contributed by atoms with van der Waals surface area (Å²) in [7, 11) is -3.90. The predicted molar refractivity (Wildman–Crippen MR) is 101 cm³/mol. The number of ether oxygens (including phenoxy) is 2. The van der Waals surface area contributed by atoms with Crippen LogP contribution in [0.3, 0.4) is 0 Å². The van der Waals surface area contributed by atoms with Crippen LogP contribution in [0.15, 0.2) is 66.0 Å². The highest BCUT2D eigenvalue weighted by Gasteiger charge is 2.46. The first-order valence-corrected chi connectivity index (χ1v) is 10.4. The van der Waals surface area contributed by atoms with E-state index in [0.717, 1.165) is 5.56 Å².